The van der Waals surface area contributed by atoms with Gasteiger partial charge in [0.2, 0.25) is 5.88 Å². The molecule has 4 heteroatoms. The highest BCUT2D eigenvalue weighted by Crippen LogP contribution is 2.07. The molecule has 0 spiro atoms. The topological polar surface area (TPSA) is 61.0 Å². The highest BCUT2D eigenvalue weighted by Gasteiger charge is 2.00. The Morgan fingerprint density at radius 2 is 2.25 bits per heavy atom. The molecule has 0 saturated heterocycles. The molecule has 1 rings (SSSR count). The Hall–Kier alpha value is -1.16. The summed E-state index contributed by atoms with van der Waals surface area (Å²) in [5, 5.41) is 0. The summed E-state index contributed by atoms with van der Waals surface area (Å²) in [5.41, 5.74) is 6.29. The third-order valence-corrected chi connectivity index (χ3v) is 1.45. The molecule has 0 aliphatic carbocycles. The van der Waals surface area contributed by atoms with Crippen molar-refractivity contribution in [1.29, 1.82) is 0 Å². The van der Waals surface area contributed by atoms with E-state index in [0.717, 1.165) is 11.5 Å². The minimum absolute atomic E-state index is 0.562. The highest BCUT2D eigenvalue weighted by atomic mass is 16.5. The first-order chi connectivity index (χ1) is 5.76. The fraction of sp³-hybridized carbons (Fsp3) is 0.500. The summed E-state index contributed by atoms with van der Waals surface area (Å²) in [4.78, 5) is 8.33. The quantitative estimate of drug-likeness (QED) is 0.703. The Kier molecular flexibility index (Phi) is 2.99. The van der Waals surface area contributed by atoms with Crippen molar-refractivity contribution in [3.8, 4) is 5.88 Å². The normalized spacial score (nSPS) is 9.92. The molecule has 0 radical (unpaired) electrons. The first-order valence-electron chi connectivity index (χ1n) is 3.85. The molecule has 0 atom stereocenters. The molecule has 4 nitrogen and oxygen atoms in total. The van der Waals surface area contributed by atoms with Crippen LogP contribution in [-0.4, -0.2) is 23.6 Å². The van der Waals surface area contributed by atoms with Gasteiger partial charge in [-0.1, -0.05) is 0 Å². The molecule has 0 aromatic carbocycles. The lowest BCUT2D eigenvalue weighted by molar-refractivity contribution is 0.394. The monoisotopic (exact) mass is 167 g/mol. The van der Waals surface area contributed by atoms with Crippen LogP contribution in [0.3, 0.4) is 0 Å². The van der Waals surface area contributed by atoms with E-state index >= 15 is 0 Å². The number of hydrogen-bond donors (Lipinski definition) is 1. The number of rotatable bonds is 3. The zero-order valence-corrected chi connectivity index (χ0v) is 7.37. The van der Waals surface area contributed by atoms with Crippen LogP contribution in [0.4, 0.5) is 0 Å². The molecule has 2 N–H and O–H groups in total. The SMILES string of the molecule is COc1cc(C)nc(CCN)n1. The minimum Gasteiger partial charge on any atom is -0.481 e. The highest BCUT2D eigenvalue weighted by molar-refractivity contribution is 5.15. The molecule has 66 valence electrons. The first-order valence-corrected chi connectivity index (χ1v) is 3.85. The summed E-state index contributed by atoms with van der Waals surface area (Å²) in [6, 6.07) is 1.79. The summed E-state index contributed by atoms with van der Waals surface area (Å²) in [6.07, 6.45) is 0.692. The van der Waals surface area contributed by atoms with E-state index in [9.17, 15) is 0 Å². The van der Waals surface area contributed by atoms with Crippen LogP contribution in [0, 0.1) is 6.92 Å². The van der Waals surface area contributed by atoms with Crippen LogP contribution in [0.25, 0.3) is 0 Å². The van der Waals surface area contributed by atoms with E-state index in [2.05, 4.69) is 9.97 Å². The lowest BCUT2D eigenvalue weighted by atomic mass is 10.3. The van der Waals surface area contributed by atoms with Crippen LogP contribution in [0.15, 0.2) is 6.07 Å². The summed E-state index contributed by atoms with van der Waals surface area (Å²) in [5.74, 6) is 1.35. The van der Waals surface area contributed by atoms with Gasteiger partial charge in [-0.15, -0.1) is 0 Å². The Morgan fingerprint density at radius 1 is 1.50 bits per heavy atom. The number of hydrogen-bond acceptors (Lipinski definition) is 4. The van der Waals surface area contributed by atoms with E-state index in [1.807, 2.05) is 6.92 Å². The van der Waals surface area contributed by atoms with Crippen molar-refractivity contribution in [3.05, 3.63) is 17.6 Å². The largest absolute Gasteiger partial charge is 0.481 e. The van der Waals surface area contributed by atoms with Crippen LogP contribution in [-0.2, 0) is 6.42 Å². The van der Waals surface area contributed by atoms with Crippen molar-refractivity contribution >= 4 is 0 Å². The van der Waals surface area contributed by atoms with Gasteiger partial charge in [-0.2, -0.15) is 4.98 Å². The summed E-state index contributed by atoms with van der Waals surface area (Å²) in [6.45, 7) is 2.47. The zero-order valence-electron chi connectivity index (χ0n) is 7.37. The smallest absolute Gasteiger partial charge is 0.216 e. The average Bonchev–Trinajstić information content (AvgIpc) is 2.04. The molecule has 0 aliphatic heterocycles. The molecular formula is C8H13N3O. The predicted molar refractivity (Wildman–Crippen MR) is 46.1 cm³/mol. The molecule has 1 aromatic heterocycles. The van der Waals surface area contributed by atoms with Crippen LogP contribution in [0.5, 0.6) is 5.88 Å². The van der Waals surface area contributed by atoms with E-state index in [-0.39, 0.29) is 0 Å². The van der Waals surface area contributed by atoms with Gasteiger partial charge in [-0.05, 0) is 13.5 Å². The molecule has 0 bridgehead atoms. The van der Waals surface area contributed by atoms with E-state index in [1.54, 1.807) is 13.2 Å². The van der Waals surface area contributed by atoms with Gasteiger partial charge in [-0.3, -0.25) is 0 Å². The van der Waals surface area contributed by atoms with Crippen molar-refractivity contribution in [3.63, 3.8) is 0 Å². The maximum absolute atomic E-state index is 5.38. The molecular weight excluding hydrogens is 154 g/mol. The molecule has 1 heterocycles. The standard InChI is InChI=1S/C8H13N3O/c1-6-5-8(12-2)11-7(10-6)3-4-9/h5H,3-4,9H2,1-2H3. The molecule has 0 fully saturated rings. The third-order valence-electron chi connectivity index (χ3n) is 1.45. The van der Waals surface area contributed by atoms with Crippen LogP contribution >= 0.6 is 0 Å². The number of methoxy groups -OCH3 is 1. The van der Waals surface area contributed by atoms with E-state index < -0.39 is 0 Å². The average molecular weight is 167 g/mol. The molecule has 0 unspecified atom stereocenters. The van der Waals surface area contributed by atoms with Crippen LogP contribution < -0.4 is 10.5 Å². The second kappa shape index (κ2) is 4.01. The second-order valence-corrected chi connectivity index (χ2v) is 2.51. The molecule has 0 aliphatic rings. The van der Waals surface area contributed by atoms with E-state index in [1.165, 1.54) is 0 Å². The van der Waals surface area contributed by atoms with Crippen molar-refractivity contribution in [2.24, 2.45) is 5.73 Å². The van der Waals surface area contributed by atoms with Gasteiger partial charge in [-0.25, -0.2) is 4.98 Å². The molecule has 1 aromatic rings. The van der Waals surface area contributed by atoms with Crippen molar-refractivity contribution < 1.29 is 4.74 Å². The Labute approximate surface area is 71.8 Å². The summed E-state index contributed by atoms with van der Waals surface area (Å²) in [7, 11) is 1.59. The minimum atomic E-state index is 0.562. The number of aryl methyl sites for hydroxylation is 1. The third kappa shape index (κ3) is 2.17. The molecule has 0 saturated carbocycles. The first kappa shape index (κ1) is 8.93. The fourth-order valence-corrected chi connectivity index (χ4v) is 0.944. The molecule has 12 heavy (non-hydrogen) atoms. The van der Waals surface area contributed by atoms with Gasteiger partial charge in [0.15, 0.2) is 0 Å². The fourth-order valence-electron chi connectivity index (χ4n) is 0.944. The Morgan fingerprint density at radius 3 is 2.83 bits per heavy atom. The summed E-state index contributed by atoms with van der Waals surface area (Å²) >= 11 is 0. The summed E-state index contributed by atoms with van der Waals surface area (Å²) < 4.78 is 4.99. The lowest BCUT2D eigenvalue weighted by Crippen LogP contribution is -2.07. The van der Waals surface area contributed by atoms with Crippen molar-refractivity contribution in [1.82, 2.24) is 9.97 Å². The number of aromatic nitrogens is 2. The predicted octanol–water partition coefficient (Wildman–Crippen LogP) is 0.295. The van der Waals surface area contributed by atoms with Gasteiger partial charge >= 0.3 is 0 Å². The van der Waals surface area contributed by atoms with Gasteiger partial charge < -0.3 is 10.5 Å². The van der Waals surface area contributed by atoms with Gasteiger partial charge in [0.25, 0.3) is 0 Å². The van der Waals surface area contributed by atoms with Crippen molar-refractivity contribution in [2.75, 3.05) is 13.7 Å². The maximum Gasteiger partial charge on any atom is 0.216 e. The number of nitrogens with zero attached hydrogens (tertiary/aromatic N) is 2. The van der Waals surface area contributed by atoms with Gasteiger partial charge in [0, 0.05) is 18.2 Å². The Balaban J connectivity index is 2.90. The van der Waals surface area contributed by atoms with Gasteiger partial charge in [0.1, 0.15) is 5.82 Å². The maximum atomic E-state index is 5.38. The second-order valence-electron chi connectivity index (χ2n) is 2.51. The van der Waals surface area contributed by atoms with Crippen LogP contribution in [0.2, 0.25) is 0 Å². The van der Waals surface area contributed by atoms with E-state index in [0.29, 0.717) is 18.8 Å². The number of nitrogens with two attached hydrogens (primary N) is 1. The van der Waals surface area contributed by atoms with Crippen LogP contribution in [0.1, 0.15) is 11.5 Å². The molecule has 0 amide bonds. The lowest BCUT2D eigenvalue weighted by Gasteiger charge is -2.02. The van der Waals surface area contributed by atoms with Crippen molar-refractivity contribution in [2.45, 2.75) is 13.3 Å². The van der Waals surface area contributed by atoms with Gasteiger partial charge in [0.05, 0.1) is 7.11 Å². The van der Waals surface area contributed by atoms with E-state index in [4.69, 9.17) is 10.5 Å². The Bertz CT molecular complexity index is 262. The zero-order chi connectivity index (χ0) is 8.97. The number of ether oxygens (including phenoxy) is 1.